The van der Waals surface area contributed by atoms with Crippen LogP contribution in [0.1, 0.15) is 25.0 Å². The van der Waals surface area contributed by atoms with Gasteiger partial charge in [0, 0.05) is 35.4 Å². The minimum absolute atomic E-state index is 0. The number of aromatic nitrogens is 6. The molecule has 4 aromatic heterocycles. The Labute approximate surface area is 323 Å². The third kappa shape index (κ3) is 7.25. The summed E-state index contributed by atoms with van der Waals surface area (Å²) >= 11 is 0. The predicted molar refractivity (Wildman–Crippen MR) is 188 cm³/mol. The summed E-state index contributed by atoms with van der Waals surface area (Å²) in [6, 6.07) is 41.4. The van der Waals surface area contributed by atoms with Crippen LogP contribution in [-0.2, 0) is 54.3 Å². The van der Waals surface area contributed by atoms with E-state index in [-0.39, 0.29) is 41.5 Å². The van der Waals surface area contributed by atoms with Gasteiger partial charge in [0.2, 0.25) is 5.95 Å². The summed E-state index contributed by atoms with van der Waals surface area (Å²) in [5, 5.41) is 1.96. The van der Waals surface area contributed by atoms with Crippen LogP contribution in [0.4, 0.5) is 0 Å². The number of benzene rings is 4. The first-order valence-electron chi connectivity index (χ1n) is 16.0. The van der Waals surface area contributed by atoms with Crippen LogP contribution in [0.3, 0.4) is 0 Å². The molecule has 0 aliphatic carbocycles. The van der Waals surface area contributed by atoms with E-state index in [9.17, 15) is 0 Å². The van der Waals surface area contributed by atoms with Gasteiger partial charge in [0.15, 0.2) is 0 Å². The van der Waals surface area contributed by atoms with Crippen LogP contribution < -0.4 is 9.47 Å². The second kappa shape index (κ2) is 15.9. The zero-order valence-electron chi connectivity index (χ0n) is 27.4. The van der Waals surface area contributed by atoms with Gasteiger partial charge in [-0.2, -0.15) is 22.9 Å². The number of hydrogen-bond donors (Lipinski definition) is 0. The van der Waals surface area contributed by atoms with Crippen LogP contribution in [0.15, 0.2) is 110 Å². The number of aryl methyl sites for hydroxylation is 2. The van der Waals surface area contributed by atoms with E-state index in [1.165, 1.54) is 12.7 Å². The fourth-order valence-electron chi connectivity index (χ4n) is 5.84. The maximum atomic E-state index is 6.50. The van der Waals surface area contributed by atoms with Crippen LogP contribution in [0.2, 0.25) is 0 Å². The van der Waals surface area contributed by atoms with Gasteiger partial charge in [-0.15, -0.1) is 70.8 Å². The summed E-state index contributed by atoms with van der Waals surface area (Å²) < 4.78 is 14.9. The minimum atomic E-state index is 0. The van der Waals surface area contributed by atoms with Crippen LogP contribution in [-0.4, -0.2) is 29.5 Å². The molecular weight excluding hydrogens is 910 g/mol. The van der Waals surface area contributed by atoms with Crippen molar-refractivity contribution in [1.82, 2.24) is 29.5 Å². The summed E-state index contributed by atoms with van der Waals surface area (Å²) in [5.74, 6) is 2.75. The molecule has 0 radical (unpaired) electrons. The molecule has 4 heterocycles. The van der Waals surface area contributed by atoms with Gasteiger partial charge in [0.1, 0.15) is 12.7 Å². The average Bonchev–Trinajstić information content (AvgIpc) is 3.47. The molecule has 0 aliphatic rings. The van der Waals surface area contributed by atoms with Crippen molar-refractivity contribution in [2.75, 3.05) is 0 Å². The van der Waals surface area contributed by atoms with Crippen molar-refractivity contribution in [2.24, 2.45) is 0 Å². The first-order valence-corrected chi connectivity index (χ1v) is 16.0. The van der Waals surface area contributed by atoms with E-state index >= 15 is 0 Å². The molecule has 8 aromatic rings. The van der Waals surface area contributed by atoms with Crippen LogP contribution in [0.5, 0.6) is 23.0 Å². The van der Waals surface area contributed by atoms with Gasteiger partial charge in [-0.1, -0.05) is 74.1 Å². The summed E-state index contributed by atoms with van der Waals surface area (Å²) in [6.45, 7) is 4.21. The molecule has 0 saturated carbocycles. The van der Waals surface area contributed by atoms with Gasteiger partial charge in [0.05, 0.1) is 0 Å². The molecule has 0 N–H and O–H groups in total. The molecule has 0 atom stereocenters. The molecule has 0 unspecified atom stereocenters. The monoisotopic (exact) mass is 937 g/mol. The van der Waals surface area contributed by atoms with E-state index in [1.54, 1.807) is 12.4 Å². The Morgan fingerprint density at radius 1 is 0.588 bits per heavy atom. The van der Waals surface area contributed by atoms with Crippen molar-refractivity contribution in [3.8, 4) is 51.5 Å². The maximum absolute atomic E-state index is 6.50. The van der Waals surface area contributed by atoms with Crippen molar-refractivity contribution < 1.29 is 51.0 Å². The molecule has 0 aliphatic heterocycles. The summed E-state index contributed by atoms with van der Waals surface area (Å²) in [6.07, 6.45) is 7.95. The molecule has 0 saturated heterocycles. The second-order valence-electron chi connectivity index (χ2n) is 11.2. The van der Waals surface area contributed by atoms with E-state index in [2.05, 4.69) is 75.2 Å². The van der Waals surface area contributed by atoms with Gasteiger partial charge < -0.3 is 24.0 Å². The average molecular weight is 938 g/mol. The molecule has 0 fully saturated rings. The number of rotatable bonds is 9. The maximum Gasteiger partial charge on any atom is 2.00 e. The van der Waals surface area contributed by atoms with Crippen molar-refractivity contribution >= 4 is 21.8 Å². The van der Waals surface area contributed by atoms with Gasteiger partial charge in [-0.05, 0) is 23.5 Å². The van der Waals surface area contributed by atoms with E-state index in [0.29, 0.717) is 28.9 Å². The summed E-state index contributed by atoms with van der Waals surface area (Å²) in [5.41, 5.74) is 6.80. The largest absolute Gasteiger partial charge is 2.00 e. The molecule has 51 heavy (non-hydrogen) atoms. The third-order valence-electron chi connectivity index (χ3n) is 8.22. The Kier molecular flexibility index (Phi) is 11.1. The Balaban J connectivity index is 0.00000224. The molecule has 0 amide bonds. The second-order valence-corrected chi connectivity index (χ2v) is 11.2. The van der Waals surface area contributed by atoms with Gasteiger partial charge in [-0.25, -0.2) is 15.0 Å². The molecule has 4 aromatic carbocycles. The number of hydrogen-bond acceptors (Lipinski definition) is 7. The van der Waals surface area contributed by atoms with Crippen LogP contribution in [0, 0.1) is 24.3 Å². The van der Waals surface area contributed by atoms with Crippen LogP contribution in [0.25, 0.3) is 50.3 Å². The molecule has 0 bridgehead atoms. The first-order chi connectivity index (χ1) is 24.2. The van der Waals surface area contributed by atoms with Crippen LogP contribution >= 0.6 is 0 Å². The zero-order valence-corrected chi connectivity index (χ0v) is 31.3. The topological polar surface area (TPSA) is 87.8 Å². The zero-order chi connectivity index (χ0) is 33.2. The van der Waals surface area contributed by atoms with E-state index in [0.717, 1.165) is 68.3 Å². The van der Waals surface area contributed by atoms with Crippen molar-refractivity contribution in [2.45, 2.75) is 26.7 Å². The van der Waals surface area contributed by atoms with Gasteiger partial charge in [-0.3, -0.25) is 0 Å². The molecule has 8 nitrogen and oxygen atoms in total. The van der Waals surface area contributed by atoms with Gasteiger partial charge in [0.25, 0.3) is 0 Å². The summed E-state index contributed by atoms with van der Waals surface area (Å²) in [7, 11) is 0. The number of pyridine rings is 2. The number of fused-ring (bicyclic) bond motifs is 3. The number of nitrogens with zero attached hydrogens (tertiary/aromatic N) is 6. The standard InChI is InChI=1S/C41H28N6O2.Pd.Pt/c1-3-27-21-33-34-22-28(4-2)40(49-32-14-10-12-30(20-32)36-16-6-8-18-44-36)24-38(34)47(41-45-25-42-26-46-41)37(33)23-39(27)48-31-13-9-11-29(19-31)35-15-5-7-17-43-35;;/h5-18,21-22,25-26H,3-4H2,1-2H3;;/q-4;2*+2. The Bertz CT molecular complexity index is 2280. The van der Waals surface area contributed by atoms with Crippen molar-refractivity contribution in [3.63, 3.8) is 0 Å². The first kappa shape index (κ1) is 35.8. The fourth-order valence-corrected chi connectivity index (χ4v) is 5.84. The Hall–Kier alpha value is -5.06. The molecule has 8 rings (SSSR count). The molecular formula is C41H28N6O2PdPt. The van der Waals surface area contributed by atoms with E-state index in [4.69, 9.17) is 9.47 Å². The van der Waals surface area contributed by atoms with Crippen molar-refractivity contribution in [1.29, 1.82) is 0 Å². The summed E-state index contributed by atoms with van der Waals surface area (Å²) in [4.78, 5) is 22.0. The SMILES string of the molecule is CCc1cc2c3cc(CC)c(Oc4[c-]c(-c5ccccn5)ccc4)[c-]c3n(-c3ncncn3)c2[c-]c1Oc1[c-]c(-c2ccccn2)ccc1.[Pd+2].[Pt+2]. The van der Waals surface area contributed by atoms with Gasteiger partial charge >= 0.3 is 41.5 Å². The van der Waals surface area contributed by atoms with E-state index < -0.39 is 0 Å². The molecule has 10 heteroatoms. The van der Waals surface area contributed by atoms with Crippen molar-refractivity contribution in [3.05, 3.63) is 145 Å². The smallest absolute Gasteiger partial charge is 0.503 e. The fraction of sp³-hybridized carbons (Fsp3) is 0.0976. The Morgan fingerprint density at radius 2 is 1.08 bits per heavy atom. The normalized spacial score (nSPS) is 10.8. The Morgan fingerprint density at radius 3 is 1.51 bits per heavy atom. The molecule has 0 spiro atoms. The predicted octanol–water partition coefficient (Wildman–Crippen LogP) is 9.00. The third-order valence-corrected chi connectivity index (χ3v) is 8.22. The number of ether oxygens (including phenoxy) is 2. The minimum Gasteiger partial charge on any atom is -0.503 e. The quantitative estimate of drug-likeness (QED) is 0.106. The van der Waals surface area contributed by atoms with E-state index in [1.807, 2.05) is 77.4 Å². The molecule has 254 valence electrons.